The molecule has 0 saturated carbocycles. The molecule has 1 aromatic heterocycles. The Hall–Kier alpha value is -1.82. The fourth-order valence-electron chi connectivity index (χ4n) is 2.02. The van der Waals surface area contributed by atoms with E-state index in [4.69, 9.17) is 5.26 Å². The normalized spacial score (nSPS) is 11.7. The van der Waals surface area contributed by atoms with Gasteiger partial charge in [-0.2, -0.15) is 5.26 Å². The Morgan fingerprint density at radius 3 is 2.67 bits per heavy atom. The van der Waals surface area contributed by atoms with Crippen LogP contribution in [0.1, 0.15) is 38.6 Å². The topological polar surface area (TPSA) is 41.6 Å². The third-order valence-electron chi connectivity index (χ3n) is 3.20. The quantitative estimate of drug-likeness (QED) is 0.808. The SMILES string of the molecule is Cn1c(CCC(C)(C)C)nc2ccc(C#N)cc21. The smallest absolute Gasteiger partial charge is 0.109 e. The Balaban J connectivity index is 2.36. The van der Waals surface area contributed by atoms with Crippen molar-refractivity contribution in [2.24, 2.45) is 12.5 Å². The first kappa shape index (κ1) is 12.6. The van der Waals surface area contributed by atoms with Crippen LogP contribution >= 0.6 is 0 Å². The summed E-state index contributed by atoms with van der Waals surface area (Å²) in [5.74, 6) is 1.09. The van der Waals surface area contributed by atoms with Gasteiger partial charge in [0.1, 0.15) is 5.82 Å². The average molecular weight is 241 g/mol. The highest BCUT2D eigenvalue weighted by atomic mass is 15.1. The van der Waals surface area contributed by atoms with Crippen molar-refractivity contribution >= 4 is 11.0 Å². The second-order valence-electron chi connectivity index (χ2n) is 5.96. The van der Waals surface area contributed by atoms with Gasteiger partial charge in [-0.25, -0.2) is 4.98 Å². The fraction of sp³-hybridized carbons (Fsp3) is 0.467. The molecule has 18 heavy (non-hydrogen) atoms. The van der Waals surface area contributed by atoms with Crippen molar-refractivity contribution in [1.82, 2.24) is 9.55 Å². The molecule has 0 atom stereocenters. The van der Waals surface area contributed by atoms with Gasteiger partial charge in [-0.15, -0.1) is 0 Å². The van der Waals surface area contributed by atoms with Crippen molar-refractivity contribution in [2.75, 3.05) is 0 Å². The van der Waals surface area contributed by atoms with E-state index in [0.717, 1.165) is 29.7 Å². The van der Waals surface area contributed by atoms with Gasteiger partial charge in [0.2, 0.25) is 0 Å². The number of benzene rings is 1. The van der Waals surface area contributed by atoms with Gasteiger partial charge in [0.25, 0.3) is 0 Å². The number of aromatic nitrogens is 2. The Morgan fingerprint density at radius 2 is 2.06 bits per heavy atom. The molecule has 0 aliphatic rings. The lowest BCUT2D eigenvalue weighted by Gasteiger charge is -2.17. The Morgan fingerprint density at radius 1 is 1.33 bits per heavy atom. The highest BCUT2D eigenvalue weighted by Gasteiger charge is 2.14. The summed E-state index contributed by atoms with van der Waals surface area (Å²) in [5, 5.41) is 8.93. The van der Waals surface area contributed by atoms with Crippen LogP contribution in [0.15, 0.2) is 18.2 Å². The van der Waals surface area contributed by atoms with Crippen molar-refractivity contribution < 1.29 is 0 Å². The summed E-state index contributed by atoms with van der Waals surface area (Å²) >= 11 is 0. The van der Waals surface area contributed by atoms with Gasteiger partial charge in [-0.05, 0) is 30.0 Å². The summed E-state index contributed by atoms with van der Waals surface area (Å²) in [6.07, 6.45) is 2.08. The van der Waals surface area contributed by atoms with Crippen LogP contribution in [0.5, 0.6) is 0 Å². The second-order valence-corrected chi connectivity index (χ2v) is 5.96. The molecule has 1 aromatic carbocycles. The van der Waals surface area contributed by atoms with Crippen LogP contribution in [0.25, 0.3) is 11.0 Å². The van der Waals surface area contributed by atoms with E-state index in [-0.39, 0.29) is 0 Å². The first-order valence-electron chi connectivity index (χ1n) is 6.26. The van der Waals surface area contributed by atoms with Crippen LogP contribution in [0, 0.1) is 16.7 Å². The van der Waals surface area contributed by atoms with Crippen LogP contribution < -0.4 is 0 Å². The van der Waals surface area contributed by atoms with E-state index in [0.29, 0.717) is 11.0 Å². The van der Waals surface area contributed by atoms with E-state index in [1.165, 1.54) is 0 Å². The predicted octanol–water partition coefficient (Wildman–Crippen LogP) is 3.42. The molecular weight excluding hydrogens is 222 g/mol. The molecule has 1 heterocycles. The summed E-state index contributed by atoms with van der Waals surface area (Å²) in [7, 11) is 2.02. The van der Waals surface area contributed by atoms with Crippen LogP contribution in [-0.2, 0) is 13.5 Å². The minimum atomic E-state index is 0.315. The van der Waals surface area contributed by atoms with E-state index in [9.17, 15) is 0 Å². The summed E-state index contributed by atoms with van der Waals surface area (Å²) in [6, 6.07) is 7.82. The Bertz CT molecular complexity index is 609. The van der Waals surface area contributed by atoms with Gasteiger partial charge in [0, 0.05) is 13.5 Å². The molecular formula is C15H19N3. The lowest BCUT2D eigenvalue weighted by atomic mass is 9.90. The van der Waals surface area contributed by atoms with E-state index in [2.05, 4.69) is 36.4 Å². The number of imidazole rings is 1. The summed E-state index contributed by atoms with van der Waals surface area (Å²) < 4.78 is 2.10. The molecule has 0 bridgehead atoms. The number of hydrogen-bond donors (Lipinski definition) is 0. The van der Waals surface area contributed by atoms with Gasteiger partial charge < -0.3 is 4.57 Å². The van der Waals surface area contributed by atoms with Gasteiger partial charge in [-0.3, -0.25) is 0 Å². The predicted molar refractivity (Wildman–Crippen MR) is 73.2 cm³/mol. The van der Waals surface area contributed by atoms with Crippen molar-refractivity contribution in [1.29, 1.82) is 5.26 Å². The molecule has 0 amide bonds. The number of hydrogen-bond acceptors (Lipinski definition) is 2. The van der Waals surface area contributed by atoms with Gasteiger partial charge in [0.05, 0.1) is 22.7 Å². The van der Waals surface area contributed by atoms with Gasteiger partial charge in [-0.1, -0.05) is 20.8 Å². The number of nitrogens with zero attached hydrogens (tertiary/aromatic N) is 3. The highest BCUT2D eigenvalue weighted by Crippen LogP contribution is 2.23. The van der Waals surface area contributed by atoms with Crippen molar-refractivity contribution in [3.8, 4) is 6.07 Å². The lowest BCUT2D eigenvalue weighted by molar-refractivity contribution is 0.373. The zero-order valence-corrected chi connectivity index (χ0v) is 11.5. The number of aryl methyl sites for hydroxylation is 2. The molecule has 94 valence electrons. The van der Waals surface area contributed by atoms with E-state index >= 15 is 0 Å². The number of rotatable bonds is 2. The molecule has 3 nitrogen and oxygen atoms in total. The summed E-state index contributed by atoms with van der Waals surface area (Å²) in [6.45, 7) is 6.72. The average Bonchev–Trinajstić information content (AvgIpc) is 2.62. The van der Waals surface area contributed by atoms with Crippen LogP contribution in [0.4, 0.5) is 0 Å². The molecule has 2 aromatic rings. The molecule has 0 radical (unpaired) electrons. The molecule has 3 heteroatoms. The van der Waals surface area contributed by atoms with E-state index < -0.39 is 0 Å². The second kappa shape index (κ2) is 4.45. The first-order valence-corrected chi connectivity index (χ1v) is 6.26. The molecule has 0 aliphatic heterocycles. The minimum Gasteiger partial charge on any atom is -0.331 e. The molecule has 0 unspecified atom stereocenters. The number of nitriles is 1. The molecule has 0 N–H and O–H groups in total. The highest BCUT2D eigenvalue weighted by molar-refractivity contribution is 5.77. The minimum absolute atomic E-state index is 0.315. The third-order valence-corrected chi connectivity index (χ3v) is 3.20. The van der Waals surface area contributed by atoms with Crippen molar-refractivity contribution in [3.05, 3.63) is 29.6 Å². The summed E-state index contributed by atoms with van der Waals surface area (Å²) in [5.41, 5.74) is 3.02. The van der Waals surface area contributed by atoms with Gasteiger partial charge in [0.15, 0.2) is 0 Å². The van der Waals surface area contributed by atoms with Crippen LogP contribution in [-0.4, -0.2) is 9.55 Å². The van der Waals surface area contributed by atoms with E-state index in [1.54, 1.807) is 0 Å². The van der Waals surface area contributed by atoms with Gasteiger partial charge >= 0.3 is 0 Å². The van der Waals surface area contributed by atoms with Crippen molar-refractivity contribution in [3.63, 3.8) is 0 Å². The maximum Gasteiger partial charge on any atom is 0.109 e. The third kappa shape index (κ3) is 2.53. The first-order chi connectivity index (χ1) is 8.40. The Labute approximate surface area is 108 Å². The maximum absolute atomic E-state index is 8.93. The van der Waals surface area contributed by atoms with Crippen molar-refractivity contribution in [2.45, 2.75) is 33.6 Å². The molecule has 0 aliphatic carbocycles. The monoisotopic (exact) mass is 241 g/mol. The van der Waals surface area contributed by atoms with E-state index in [1.807, 2.05) is 25.2 Å². The molecule has 2 rings (SSSR count). The Kier molecular flexibility index (Phi) is 3.13. The number of fused-ring (bicyclic) bond motifs is 1. The lowest BCUT2D eigenvalue weighted by Crippen LogP contribution is -2.09. The summed E-state index contributed by atoms with van der Waals surface area (Å²) in [4.78, 5) is 4.64. The molecule has 0 fully saturated rings. The zero-order valence-electron chi connectivity index (χ0n) is 11.5. The van der Waals surface area contributed by atoms with Crippen LogP contribution in [0.3, 0.4) is 0 Å². The molecule has 0 saturated heterocycles. The fourth-order valence-corrected chi connectivity index (χ4v) is 2.02. The standard InChI is InChI=1S/C15H19N3/c1-15(2,3)8-7-14-17-12-6-5-11(10-16)9-13(12)18(14)4/h5-6,9H,7-8H2,1-4H3. The zero-order chi connectivity index (χ0) is 13.3. The maximum atomic E-state index is 8.93. The largest absolute Gasteiger partial charge is 0.331 e. The molecule has 0 spiro atoms. The van der Waals surface area contributed by atoms with Crippen LogP contribution in [0.2, 0.25) is 0 Å².